The highest BCUT2D eigenvalue weighted by atomic mass is 35.5. The summed E-state index contributed by atoms with van der Waals surface area (Å²) in [6, 6.07) is 12.1. The van der Waals surface area contributed by atoms with E-state index in [-0.39, 0.29) is 12.5 Å². The van der Waals surface area contributed by atoms with Crippen LogP contribution < -0.4 is 4.90 Å². The molecule has 0 N–H and O–H groups in total. The molecular weight excluding hydrogens is 448 g/mol. The number of para-hydroxylation sites is 1. The van der Waals surface area contributed by atoms with Crippen LogP contribution in [0.5, 0.6) is 0 Å². The molecule has 0 atom stereocenters. The van der Waals surface area contributed by atoms with Crippen LogP contribution in [-0.4, -0.2) is 65.2 Å². The summed E-state index contributed by atoms with van der Waals surface area (Å²) in [5.74, 6) is -1.26. The summed E-state index contributed by atoms with van der Waals surface area (Å²) in [5.41, 5.74) is 1.29. The molecular formula is C23H23ClN4O3S. The number of halogens is 1. The monoisotopic (exact) mass is 470 g/mol. The highest BCUT2D eigenvalue weighted by Crippen LogP contribution is 2.33. The highest BCUT2D eigenvalue weighted by Gasteiger charge is 2.37. The molecule has 0 unspecified atom stereocenters. The Morgan fingerprint density at radius 2 is 1.66 bits per heavy atom. The first kappa shape index (κ1) is 22.4. The third kappa shape index (κ3) is 4.13. The first-order valence-corrected chi connectivity index (χ1v) is 11.7. The summed E-state index contributed by atoms with van der Waals surface area (Å²) in [6.07, 6.45) is 0. The lowest BCUT2D eigenvalue weighted by Gasteiger charge is -2.26. The fraction of sp³-hybridized carbons (Fsp3) is 0.304. The molecule has 1 aromatic heterocycles. The van der Waals surface area contributed by atoms with Gasteiger partial charge in [-0.1, -0.05) is 55.0 Å². The Labute approximate surface area is 195 Å². The first-order valence-electron chi connectivity index (χ1n) is 10.5. The van der Waals surface area contributed by atoms with Crippen molar-refractivity contribution >= 4 is 56.0 Å². The number of likely N-dealkylation sites (N-methyl/N-ethyl adjacent to an activating group) is 1. The smallest absolute Gasteiger partial charge is 0.262 e. The van der Waals surface area contributed by atoms with Crippen molar-refractivity contribution in [1.29, 1.82) is 0 Å². The summed E-state index contributed by atoms with van der Waals surface area (Å²) in [5, 5.41) is 1.02. The van der Waals surface area contributed by atoms with E-state index < -0.39 is 11.8 Å². The van der Waals surface area contributed by atoms with Crippen LogP contribution in [0.2, 0.25) is 5.02 Å². The molecule has 166 valence electrons. The normalized spacial score (nSPS) is 13.3. The fourth-order valence-corrected chi connectivity index (χ4v) is 5.04. The molecule has 4 rings (SSSR count). The second-order valence-corrected chi connectivity index (χ2v) is 8.81. The molecule has 0 spiro atoms. The molecule has 0 fully saturated rings. The van der Waals surface area contributed by atoms with Gasteiger partial charge in [-0.25, -0.2) is 4.98 Å². The van der Waals surface area contributed by atoms with Crippen LogP contribution in [-0.2, 0) is 4.79 Å². The number of nitrogens with zero attached hydrogens (tertiary/aromatic N) is 4. The molecule has 0 saturated heterocycles. The van der Waals surface area contributed by atoms with Gasteiger partial charge in [0.05, 0.1) is 20.8 Å². The number of hydrogen-bond acceptors (Lipinski definition) is 6. The van der Waals surface area contributed by atoms with E-state index in [4.69, 9.17) is 11.6 Å². The lowest BCUT2D eigenvalue weighted by molar-refractivity contribution is -0.119. The summed E-state index contributed by atoms with van der Waals surface area (Å²) >= 11 is 7.65. The molecule has 1 aliphatic rings. The van der Waals surface area contributed by atoms with E-state index >= 15 is 0 Å². The molecule has 9 heteroatoms. The van der Waals surface area contributed by atoms with E-state index in [1.54, 1.807) is 35.2 Å². The number of carbonyl (C=O) groups is 3. The second-order valence-electron chi connectivity index (χ2n) is 7.40. The van der Waals surface area contributed by atoms with Gasteiger partial charge in [-0.2, -0.15) is 0 Å². The number of aromatic nitrogens is 1. The number of anilines is 1. The number of thiazole rings is 1. The number of amides is 3. The van der Waals surface area contributed by atoms with E-state index in [1.807, 2.05) is 12.1 Å². The number of hydrogen-bond donors (Lipinski definition) is 0. The van der Waals surface area contributed by atoms with Crippen LogP contribution in [0.3, 0.4) is 0 Å². The number of benzene rings is 2. The van der Waals surface area contributed by atoms with Crippen LogP contribution in [0.1, 0.15) is 34.6 Å². The molecule has 0 bridgehead atoms. The molecule has 32 heavy (non-hydrogen) atoms. The molecule has 2 aromatic carbocycles. The Morgan fingerprint density at radius 1 is 1.00 bits per heavy atom. The minimum absolute atomic E-state index is 0.326. The zero-order chi connectivity index (χ0) is 22.8. The highest BCUT2D eigenvalue weighted by molar-refractivity contribution is 7.22. The molecule has 2 heterocycles. The van der Waals surface area contributed by atoms with Crippen LogP contribution in [0, 0.1) is 0 Å². The van der Waals surface area contributed by atoms with Crippen molar-refractivity contribution in [3.63, 3.8) is 0 Å². The predicted octanol–water partition coefficient (Wildman–Crippen LogP) is 3.92. The molecule has 3 aromatic rings. The summed E-state index contributed by atoms with van der Waals surface area (Å²) < 4.78 is 0.869. The number of imide groups is 1. The predicted molar refractivity (Wildman–Crippen MR) is 127 cm³/mol. The Morgan fingerprint density at radius 3 is 2.25 bits per heavy atom. The SMILES string of the molecule is CCN(CC)CCN(C(=O)CN1C(=O)c2ccccc2C1=O)c1nc2c(Cl)cccc2s1. The van der Waals surface area contributed by atoms with Gasteiger partial charge >= 0.3 is 0 Å². The largest absolute Gasteiger partial charge is 0.302 e. The second kappa shape index (κ2) is 9.36. The van der Waals surface area contributed by atoms with Gasteiger partial charge in [0, 0.05) is 13.1 Å². The van der Waals surface area contributed by atoms with Gasteiger partial charge in [-0.15, -0.1) is 0 Å². The van der Waals surface area contributed by atoms with Crippen molar-refractivity contribution in [2.75, 3.05) is 37.6 Å². The van der Waals surface area contributed by atoms with Crippen LogP contribution in [0.25, 0.3) is 10.2 Å². The van der Waals surface area contributed by atoms with Crippen molar-refractivity contribution < 1.29 is 14.4 Å². The van der Waals surface area contributed by atoms with Crippen molar-refractivity contribution in [2.24, 2.45) is 0 Å². The zero-order valence-electron chi connectivity index (χ0n) is 17.9. The van der Waals surface area contributed by atoms with Gasteiger partial charge in [0.2, 0.25) is 5.91 Å². The van der Waals surface area contributed by atoms with Gasteiger partial charge in [0.1, 0.15) is 12.1 Å². The Kier molecular flexibility index (Phi) is 6.55. The van der Waals surface area contributed by atoms with E-state index in [2.05, 4.69) is 23.7 Å². The van der Waals surface area contributed by atoms with E-state index in [0.717, 1.165) is 22.7 Å². The van der Waals surface area contributed by atoms with Gasteiger partial charge in [-0.3, -0.25) is 24.2 Å². The minimum Gasteiger partial charge on any atom is -0.302 e. The van der Waals surface area contributed by atoms with Gasteiger partial charge in [-0.05, 0) is 37.4 Å². The Bertz CT molecular complexity index is 1160. The number of carbonyl (C=O) groups excluding carboxylic acids is 3. The average Bonchev–Trinajstić information content (AvgIpc) is 3.33. The third-order valence-electron chi connectivity index (χ3n) is 5.60. The quantitative estimate of drug-likeness (QED) is 0.466. The molecule has 3 amide bonds. The Hall–Kier alpha value is -2.81. The van der Waals surface area contributed by atoms with Crippen molar-refractivity contribution in [3.05, 3.63) is 58.6 Å². The summed E-state index contributed by atoms with van der Waals surface area (Å²) in [7, 11) is 0. The maximum atomic E-state index is 13.4. The van der Waals surface area contributed by atoms with Gasteiger partial charge in [0.15, 0.2) is 5.13 Å². The zero-order valence-corrected chi connectivity index (χ0v) is 19.4. The molecule has 0 saturated carbocycles. The Balaban J connectivity index is 1.62. The van der Waals surface area contributed by atoms with E-state index in [9.17, 15) is 14.4 Å². The van der Waals surface area contributed by atoms with Crippen molar-refractivity contribution in [1.82, 2.24) is 14.8 Å². The first-order chi connectivity index (χ1) is 15.4. The number of rotatable bonds is 8. The van der Waals surface area contributed by atoms with E-state index in [0.29, 0.717) is 39.9 Å². The van der Waals surface area contributed by atoms with Crippen LogP contribution in [0.4, 0.5) is 5.13 Å². The van der Waals surface area contributed by atoms with Crippen molar-refractivity contribution in [2.45, 2.75) is 13.8 Å². The lowest BCUT2D eigenvalue weighted by atomic mass is 10.1. The average molecular weight is 471 g/mol. The maximum absolute atomic E-state index is 13.4. The third-order valence-corrected chi connectivity index (χ3v) is 6.94. The standard InChI is InChI=1S/C23H23ClN4O3S/c1-3-26(4-2)12-13-27(23-25-20-17(24)10-7-11-18(20)32-23)19(29)14-28-21(30)15-8-5-6-9-16(15)22(28)31/h5-11H,3-4,12-14H2,1-2H3. The van der Waals surface area contributed by atoms with E-state index in [1.165, 1.54) is 11.3 Å². The maximum Gasteiger partial charge on any atom is 0.262 e. The molecule has 0 aliphatic carbocycles. The lowest BCUT2D eigenvalue weighted by Crippen LogP contribution is -2.45. The molecule has 1 aliphatic heterocycles. The molecule has 7 nitrogen and oxygen atoms in total. The summed E-state index contributed by atoms with van der Waals surface area (Å²) in [6.45, 7) is 6.52. The molecule has 0 radical (unpaired) electrons. The number of fused-ring (bicyclic) bond motifs is 2. The van der Waals surface area contributed by atoms with Gasteiger partial charge in [0.25, 0.3) is 11.8 Å². The van der Waals surface area contributed by atoms with Gasteiger partial charge < -0.3 is 4.90 Å². The fourth-order valence-electron chi connectivity index (χ4n) is 3.73. The van der Waals surface area contributed by atoms with Crippen LogP contribution >= 0.6 is 22.9 Å². The minimum atomic E-state index is -0.449. The van der Waals surface area contributed by atoms with Crippen molar-refractivity contribution in [3.8, 4) is 0 Å². The topological polar surface area (TPSA) is 73.8 Å². The summed E-state index contributed by atoms with van der Waals surface area (Å²) in [4.78, 5) is 48.2. The van der Waals surface area contributed by atoms with Crippen LogP contribution in [0.15, 0.2) is 42.5 Å².